The normalized spacial score (nSPS) is 10.1. The molecule has 0 atom stereocenters. The topological polar surface area (TPSA) is 73.1 Å². The second-order valence-corrected chi connectivity index (χ2v) is 3.74. The monoisotopic (exact) mass is 244 g/mol. The van der Waals surface area contributed by atoms with Gasteiger partial charge in [-0.1, -0.05) is 18.2 Å². The van der Waals surface area contributed by atoms with Crippen molar-refractivity contribution in [3.05, 3.63) is 47.8 Å². The zero-order valence-corrected chi connectivity index (χ0v) is 10.3. The lowest BCUT2D eigenvalue weighted by Gasteiger charge is -2.09. The number of rotatable bonds is 5. The minimum atomic E-state index is 0.409. The van der Waals surface area contributed by atoms with Crippen LogP contribution < -0.4 is 15.8 Å². The maximum absolute atomic E-state index is 5.53. The molecule has 0 fully saturated rings. The summed E-state index contributed by atoms with van der Waals surface area (Å²) in [6.45, 7) is 1.02. The lowest BCUT2D eigenvalue weighted by atomic mass is 10.2. The number of ether oxygens (including phenoxy) is 1. The van der Waals surface area contributed by atoms with E-state index < -0.39 is 0 Å². The Morgan fingerprint density at radius 1 is 1.28 bits per heavy atom. The molecule has 5 heteroatoms. The van der Waals surface area contributed by atoms with Gasteiger partial charge in [-0.25, -0.2) is 9.97 Å². The molecule has 5 nitrogen and oxygen atoms in total. The molecule has 1 heterocycles. The summed E-state index contributed by atoms with van der Waals surface area (Å²) in [5.41, 5.74) is 7.40. The lowest BCUT2D eigenvalue weighted by molar-refractivity contribution is 0.410. The zero-order valence-electron chi connectivity index (χ0n) is 10.3. The summed E-state index contributed by atoms with van der Waals surface area (Å²) < 4.78 is 5.28. The molecule has 0 radical (unpaired) electrons. The van der Waals surface area contributed by atoms with Crippen molar-refractivity contribution in [3.8, 4) is 5.75 Å². The van der Waals surface area contributed by atoms with Crippen LogP contribution in [0.3, 0.4) is 0 Å². The molecular weight excluding hydrogens is 228 g/mol. The van der Waals surface area contributed by atoms with Crippen molar-refractivity contribution in [3.63, 3.8) is 0 Å². The van der Waals surface area contributed by atoms with Gasteiger partial charge in [0.1, 0.15) is 5.75 Å². The highest BCUT2D eigenvalue weighted by molar-refractivity contribution is 5.36. The van der Waals surface area contributed by atoms with Gasteiger partial charge >= 0.3 is 0 Å². The van der Waals surface area contributed by atoms with Crippen LogP contribution in [0.25, 0.3) is 0 Å². The summed E-state index contributed by atoms with van der Waals surface area (Å²) in [4.78, 5) is 8.41. The van der Waals surface area contributed by atoms with Crippen molar-refractivity contribution in [2.75, 3.05) is 12.4 Å². The molecule has 0 bridgehead atoms. The Morgan fingerprint density at radius 2 is 2.11 bits per heavy atom. The first-order valence-corrected chi connectivity index (χ1v) is 5.71. The highest BCUT2D eigenvalue weighted by Gasteiger charge is 2.02. The molecular formula is C13H16N4O. The van der Waals surface area contributed by atoms with Gasteiger partial charge < -0.3 is 15.8 Å². The number of nitrogens with zero attached hydrogens (tertiary/aromatic N) is 2. The van der Waals surface area contributed by atoms with Crippen LogP contribution >= 0.6 is 0 Å². The third kappa shape index (κ3) is 2.95. The van der Waals surface area contributed by atoms with Crippen molar-refractivity contribution in [1.82, 2.24) is 9.97 Å². The molecule has 0 aliphatic heterocycles. The van der Waals surface area contributed by atoms with E-state index >= 15 is 0 Å². The number of aromatic nitrogens is 2. The fourth-order valence-electron chi connectivity index (χ4n) is 1.62. The van der Waals surface area contributed by atoms with Crippen molar-refractivity contribution >= 4 is 5.95 Å². The van der Waals surface area contributed by atoms with Crippen LogP contribution in [0.5, 0.6) is 5.75 Å². The number of benzene rings is 1. The number of para-hydroxylation sites is 1. The first kappa shape index (κ1) is 12.3. The van der Waals surface area contributed by atoms with Crippen LogP contribution in [0.4, 0.5) is 5.95 Å². The molecule has 0 aliphatic rings. The summed E-state index contributed by atoms with van der Waals surface area (Å²) in [6, 6.07) is 9.63. The first-order chi connectivity index (χ1) is 8.83. The summed E-state index contributed by atoms with van der Waals surface area (Å²) in [5.74, 6) is 1.42. The molecule has 2 rings (SSSR count). The van der Waals surface area contributed by atoms with Crippen LogP contribution in [0.1, 0.15) is 11.3 Å². The SMILES string of the molecule is COc1ccccc1CNc1nccc(CN)n1. The second kappa shape index (κ2) is 5.97. The third-order valence-electron chi connectivity index (χ3n) is 2.55. The molecule has 0 unspecified atom stereocenters. The van der Waals surface area contributed by atoms with Gasteiger partial charge in [-0.15, -0.1) is 0 Å². The predicted octanol–water partition coefficient (Wildman–Crippen LogP) is 1.56. The van der Waals surface area contributed by atoms with E-state index in [-0.39, 0.29) is 0 Å². The number of hydrogen-bond acceptors (Lipinski definition) is 5. The molecule has 0 amide bonds. The average Bonchev–Trinajstić information content (AvgIpc) is 2.45. The minimum absolute atomic E-state index is 0.409. The van der Waals surface area contributed by atoms with E-state index in [9.17, 15) is 0 Å². The summed E-state index contributed by atoms with van der Waals surface area (Å²) in [7, 11) is 1.66. The number of nitrogens with two attached hydrogens (primary N) is 1. The molecule has 1 aromatic carbocycles. The van der Waals surface area contributed by atoms with Gasteiger partial charge in [-0.2, -0.15) is 0 Å². The van der Waals surface area contributed by atoms with E-state index in [1.54, 1.807) is 19.4 Å². The second-order valence-electron chi connectivity index (χ2n) is 3.74. The molecule has 18 heavy (non-hydrogen) atoms. The first-order valence-electron chi connectivity index (χ1n) is 5.71. The van der Waals surface area contributed by atoms with E-state index in [1.165, 1.54) is 0 Å². The average molecular weight is 244 g/mol. The van der Waals surface area contributed by atoms with Crippen LogP contribution in [-0.4, -0.2) is 17.1 Å². The fourth-order valence-corrected chi connectivity index (χ4v) is 1.62. The van der Waals surface area contributed by atoms with Gasteiger partial charge in [0, 0.05) is 24.8 Å². The number of anilines is 1. The molecule has 3 N–H and O–H groups in total. The van der Waals surface area contributed by atoms with Crippen molar-refractivity contribution in [2.45, 2.75) is 13.1 Å². The zero-order chi connectivity index (χ0) is 12.8. The lowest BCUT2D eigenvalue weighted by Crippen LogP contribution is -2.07. The molecule has 1 aromatic heterocycles. The Morgan fingerprint density at radius 3 is 2.89 bits per heavy atom. The Hall–Kier alpha value is -2.14. The van der Waals surface area contributed by atoms with Gasteiger partial charge in [0.25, 0.3) is 0 Å². The summed E-state index contributed by atoms with van der Waals surface area (Å²) in [5, 5.41) is 3.15. The van der Waals surface area contributed by atoms with E-state index in [0.29, 0.717) is 19.0 Å². The van der Waals surface area contributed by atoms with Crippen molar-refractivity contribution in [2.24, 2.45) is 5.73 Å². The van der Waals surface area contributed by atoms with E-state index in [4.69, 9.17) is 10.5 Å². The van der Waals surface area contributed by atoms with Gasteiger partial charge in [0.05, 0.1) is 12.8 Å². The van der Waals surface area contributed by atoms with Gasteiger partial charge in [0.2, 0.25) is 5.95 Å². The number of hydrogen-bond donors (Lipinski definition) is 2. The van der Waals surface area contributed by atoms with E-state index in [0.717, 1.165) is 17.0 Å². The Bertz CT molecular complexity index is 516. The van der Waals surface area contributed by atoms with Crippen LogP contribution in [-0.2, 0) is 13.1 Å². The van der Waals surface area contributed by atoms with Crippen molar-refractivity contribution in [1.29, 1.82) is 0 Å². The molecule has 0 saturated heterocycles. The standard InChI is InChI=1S/C13H16N4O/c1-18-12-5-3-2-4-10(12)9-16-13-15-7-6-11(8-14)17-13/h2-7H,8-9,14H2,1H3,(H,15,16,17). The highest BCUT2D eigenvalue weighted by Crippen LogP contribution is 2.17. The molecule has 94 valence electrons. The van der Waals surface area contributed by atoms with Gasteiger partial charge in [-0.3, -0.25) is 0 Å². The quantitative estimate of drug-likeness (QED) is 0.835. The number of methoxy groups -OCH3 is 1. The Balaban J connectivity index is 2.06. The largest absolute Gasteiger partial charge is 0.496 e. The van der Waals surface area contributed by atoms with Crippen molar-refractivity contribution < 1.29 is 4.74 Å². The number of nitrogens with one attached hydrogen (secondary N) is 1. The van der Waals surface area contributed by atoms with Gasteiger partial charge in [-0.05, 0) is 12.1 Å². The smallest absolute Gasteiger partial charge is 0.223 e. The Kier molecular flexibility index (Phi) is 4.09. The Labute approximate surface area is 106 Å². The molecule has 0 saturated carbocycles. The molecule has 0 spiro atoms. The fraction of sp³-hybridized carbons (Fsp3) is 0.231. The van der Waals surface area contributed by atoms with Crippen LogP contribution in [0.2, 0.25) is 0 Å². The minimum Gasteiger partial charge on any atom is -0.496 e. The van der Waals surface area contributed by atoms with E-state index in [1.807, 2.05) is 24.3 Å². The van der Waals surface area contributed by atoms with E-state index in [2.05, 4.69) is 15.3 Å². The third-order valence-corrected chi connectivity index (χ3v) is 2.55. The summed E-state index contributed by atoms with van der Waals surface area (Å²) >= 11 is 0. The molecule has 2 aromatic rings. The van der Waals surface area contributed by atoms with Gasteiger partial charge in [0.15, 0.2) is 0 Å². The predicted molar refractivity (Wildman–Crippen MR) is 70.2 cm³/mol. The summed E-state index contributed by atoms with van der Waals surface area (Å²) in [6.07, 6.45) is 1.69. The molecule has 0 aliphatic carbocycles. The highest BCUT2D eigenvalue weighted by atomic mass is 16.5. The maximum Gasteiger partial charge on any atom is 0.223 e. The van der Waals surface area contributed by atoms with Crippen LogP contribution in [0, 0.1) is 0 Å². The maximum atomic E-state index is 5.53. The van der Waals surface area contributed by atoms with Crippen LogP contribution in [0.15, 0.2) is 36.5 Å².